The van der Waals surface area contributed by atoms with Crippen molar-refractivity contribution in [2.24, 2.45) is 5.92 Å². The van der Waals surface area contributed by atoms with Gasteiger partial charge in [0, 0.05) is 19.6 Å². The number of nitrogens with zero attached hydrogens (tertiary/aromatic N) is 2. The van der Waals surface area contributed by atoms with Crippen molar-refractivity contribution >= 4 is 12.0 Å². The third-order valence-corrected chi connectivity index (χ3v) is 4.94. The topological polar surface area (TPSA) is 68.3 Å². The Labute approximate surface area is 153 Å². The third-order valence-electron chi connectivity index (χ3n) is 4.94. The van der Waals surface area contributed by atoms with Crippen molar-refractivity contribution in [3.8, 4) is 11.5 Å². The average molecular weight is 362 g/mol. The number of amides is 2. The van der Waals surface area contributed by atoms with Gasteiger partial charge in [-0.15, -0.1) is 0 Å². The molecule has 1 aromatic carbocycles. The molecule has 2 heterocycles. The number of hydrogen-bond acceptors (Lipinski definition) is 5. The van der Waals surface area contributed by atoms with Gasteiger partial charge in [-0.25, -0.2) is 4.79 Å². The standard InChI is InChI=1S/C19H26N2O5/c1-3-20(12-15-13-25-16-6-4-5-7-17(16)26-15)19(23)21-10-8-14(9-11-21)18(22)24-2/h4-7,14-15H,3,8-13H2,1-2H3. The summed E-state index contributed by atoms with van der Waals surface area (Å²) >= 11 is 0. The maximum absolute atomic E-state index is 12.8. The fourth-order valence-corrected chi connectivity index (χ4v) is 3.41. The smallest absolute Gasteiger partial charge is 0.320 e. The van der Waals surface area contributed by atoms with Crippen LogP contribution in [0.15, 0.2) is 24.3 Å². The predicted molar refractivity (Wildman–Crippen MR) is 95.3 cm³/mol. The fraction of sp³-hybridized carbons (Fsp3) is 0.579. The summed E-state index contributed by atoms with van der Waals surface area (Å²) in [5, 5.41) is 0. The van der Waals surface area contributed by atoms with Gasteiger partial charge in [0.15, 0.2) is 17.6 Å². The molecule has 1 unspecified atom stereocenters. The minimum Gasteiger partial charge on any atom is -0.486 e. The minimum absolute atomic E-state index is 0.0155. The Morgan fingerprint density at radius 2 is 1.92 bits per heavy atom. The number of esters is 1. The molecule has 26 heavy (non-hydrogen) atoms. The van der Waals surface area contributed by atoms with E-state index in [-0.39, 0.29) is 24.0 Å². The van der Waals surface area contributed by atoms with E-state index in [1.165, 1.54) is 7.11 Å². The summed E-state index contributed by atoms with van der Waals surface area (Å²) in [6.07, 6.45) is 1.10. The Hall–Kier alpha value is -2.44. The largest absolute Gasteiger partial charge is 0.486 e. The van der Waals surface area contributed by atoms with Gasteiger partial charge in [0.05, 0.1) is 19.6 Å². The molecule has 0 N–H and O–H groups in total. The molecule has 2 aliphatic rings. The number of carbonyl (C=O) groups is 2. The molecule has 142 valence electrons. The lowest BCUT2D eigenvalue weighted by Crippen LogP contribution is -2.51. The normalized spacial score (nSPS) is 19.8. The zero-order valence-corrected chi connectivity index (χ0v) is 15.3. The number of likely N-dealkylation sites (N-methyl/N-ethyl adjacent to an activating group) is 1. The van der Waals surface area contributed by atoms with Gasteiger partial charge >= 0.3 is 12.0 Å². The van der Waals surface area contributed by atoms with Crippen LogP contribution in [0.2, 0.25) is 0 Å². The molecule has 2 amide bonds. The minimum atomic E-state index is -0.193. The first-order valence-corrected chi connectivity index (χ1v) is 9.12. The maximum Gasteiger partial charge on any atom is 0.320 e. The summed E-state index contributed by atoms with van der Waals surface area (Å²) in [7, 11) is 1.41. The summed E-state index contributed by atoms with van der Waals surface area (Å²) in [6.45, 7) is 4.58. The Morgan fingerprint density at radius 1 is 1.23 bits per heavy atom. The summed E-state index contributed by atoms with van der Waals surface area (Å²) in [5.41, 5.74) is 0. The van der Waals surface area contributed by atoms with Crippen molar-refractivity contribution in [3.05, 3.63) is 24.3 Å². The molecule has 7 heteroatoms. The molecule has 0 aromatic heterocycles. The van der Waals surface area contributed by atoms with Gasteiger partial charge in [-0.1, -0.05) is 12.1 Å². The number of likely N-dealkylation sites (tertiary alicyclic amines) is 1. The zero-order valence-electron chi connectivity index (χ0n) is 15.3. The first-order chi connectivity index (χ1) is 12.6. The third kappa shape index (κ3) is 4.03. The van der Waals surface area contributed by atoms with E-state index in [2.05, 4.69) is 0 Å². The monoisotopic (exact) mass is 362 g/mol. The van der Waals surface area contributed by atoms with Crippen molar-refractivity contribution in [1.82, 2.24) is 9.80 Å². The number of rotatable bonds is 4. The van der Waals surface area contributed by atoms with E-state index in [0.29, 0.717) is 51.4 Å². The highest BCUT2D eigenvalue weighted by Crippen LogP contribution is 2.31. The van der Waals surface area contributed by atoms with E-state index in [9.17, 15) is 9.59 Å². The van der Waals surface area contributed by atoms with Crippen LogP contribution in [0.4, 0.5) is 4.79 Å². The van der Waals surface area contributed by atoms with E-state index in [0.717, 1.165) is 5.75 Å². The van der Waals surface area contributed by atoms with Gasteiger partial charge in [0.2, 0.25) is 0 Å². The van der Waals surface area contributed by atoms with Crippen LogP contribution in [0.3, 0.4) is 0 Å². The first-order valence-electron chi connectivity index (χ1n) is 9.12. The highest BCUT2D eigenvalue weighted by molar-refractivity contribution is 5.76. The first kappa shape index (κ1) is 18.4. The molecule has 0 bridgehead atoms. The molecule has 0 saturated carbocycles. The van der Waals surface area contributed by atoms with Gasteiger partial charge in [0.1, 0.15) is 6.61 Å². The van der Waals surface area contributed by atoms with Crippen LogP contribution < -0.4 is 9.47 Å². The SMILES string of the molecule is CCN(CC1COc2ccccc2O1)C(=O)N1CCC(C(=O)OC)CC1. The van der Waals surface area contributed by atoms with Gasteiger partial charge in [-0.2, -0.15) is 0 Å². The lowest BCUT2D eigenvalue weighted by Gasteiger charge is -2.36. The number of benzene rings is 1. The second-order valence-corrected chi connectivity index (χ2v) is 6.60. The summed E-state index contributed by atoms with van der Waals surface area (Å²) in [4.78, 5) is 28.0. The number of piperidine rings is 1. The van der Waals surface area contributed by atoms with E-state index < -0.39 is 0 Å². The van der Waals surface area contributed by atoms with Crippen LogP contribution in [0.5, 0.6) is 11.5 Å². The molecule has 0 spiro atoms. The highest BCUT2D eigenvalue weighted by atomic mass is 16.6. The van der Waals surface area contributed by atoms with Crippen molar-refractivity contribution in [3.63, 3.8) is 0 Å². The fourth-order valence-electron chi connectivity index (χ4n) is 3.41. The van der Waals surface area contributed by atoms with E-state index in [1.54, 1.807) is 9.80 Å². The number of urea groups is 1. The number of ether oxygens (including phenoxy) is 3. The maximum atomic E-state index is 12.8. The Kier molecular flexibility index (Phi) is 5.85. The summed E-state index contributed by atoms with van der Waals surface area (Å²) < 4.78 is 16.5. The summed E-state index contributed by atoms with van der Waals surface area (Å²) in [6, 6.07) is 7.54. The van der Waals surface area contributed by atoms with Crippen molar-refractivity contribution in [2.75, 3.05) is 39.9 Å². The second-order valence-electron chi connectivity index (χ2n) is 6.60. The number of para-hydroxylation sites is 2. The molecule has 1 fully saturated rings. The predicted octanol–water partition coefficient (Wildman–Crippen LogP) is 2.15. The van der Waals surface area contributed by atoms with Crippen molar-refractivity contribution in [2.45, 2.75) is 25.9 Å². The van der Waals surface area contributed by atoms with Crippen LogP contribution in [-0.4, -0.2) is 67.8 Å². The lowest BCUT2D eigenvalue weighted by atomic mass is 9.97. The van der Waals surface area contributed by atoms with Crippen molar-refractivity contribution in [1.29, 1.82) is 0 Å². The molecule has 1 atom stereocenters. The second kappa shape index (κ2) is 8.29. The quantitative estimate of drug-likeness (QED) is 0.768. The number of hydrogen-bond donors (Lipinski definition) is 0. The van der Waals surface area contributed by atoms with Gasteiger partial charge < -0.3 is 24.0 Å². The van der Waals surface area contributed by atoms with Gasteiger partial charge in [0.25, 0.3) is 0 Å². The lowest BCUT2D eigenvalue weighted by molar-refractivity contribution is -0.146. The van der Waals surface area contributed by atoms with E-state index >= 15 is 0 Å². The number of methoxy groups -OCH3 is 1. The molecule has 1 aromatic rings. The van der Waals surface area contributed by atoms with Crippen LogP contribution in [0.25, 0.3) is 0 Å². The molecular weight excluding hydrogens is 336 g/mol. The average Bonchev–Trinajstić information content (AvgIpc) is 2.71. The molecule has 3 rings (SSSR count). The van der Waals surface area contributed by atoms with Crippen LogP contribution in [0, 0.1) is 5.92 Å². The number of carbonyl (C=O) groups excluding carboxylic acids is 2. The number of fused-ring (bicyclic) bond motifs is 1. The molecule has 2 aliphatic heterocycles. The Bertz CT molecular complexity index is 643. The molecule has 1 saturated heterocycles. The van der Waals surface area contributed by atoms with Crippen LogP contribution in [-0.2, 0) is 9.53 Å². The van der Waals surface area contributed by atoms with Gasteiger partial charge in [-0.05, 0) is 31.9 Å². The molecule has 7 nitrogen and oxygen atoms in total. The zero-order chi connectivity index (χ0) is 18.5. The van der Waals surface area contributed by atoms with E-state index in [1.807, 2.05) is 31.2 Å². The molecule has 0 radical (unpaired) electrons. The van der Waals surface area contributed by atoms with Crippen LogP contribution in [0.1, 0.15) is 19.8 Å². The molecule has 0 aliphatic carbocycles. The highest BCUT2D eigenvalue weighted by Gasteiger charge is 2.31. The molecular formula is C19H26N2O5. The van der Waals surface area contributed by atoms with E-state index in [4.69, 9.17) is 14.2 Å². The Balaban J connectivity index is 1.54. The van der Waals surface area contributed by atoms with Gasteiger partial charge in [-0.3, -0.25) is 4.79 Å². The van der Waals surface area contributed by atoms with Crippen LogP contribution >= 0.6 is 0 Å². The summed E-state index contributed by atoms with van der Waals surface area (Å²) in [5.74, 6) is 1.16. The Morgan fingerprint density at radius 3 is 2.58 bits per heavy atom. The van der Waals surface area contributed by atoms with Crippen molar-refractivity contribution < 1.29 is 23.8 Å².